The van der Waals surface area contributed by atoms with Gasteiger partial charge in [-0.2, -0.15) is 0 Å². The van der Waals surface area contributed by atoms with Gasteiger partial charge in [0.05, 0.1) is 0 Å². The quantitative estimate of drug-likeness (QED) is 0.795. The molecule has 1 N–H and O–H groups in total. The van der Waals surface area contributed by atoms with Crippen LogP contribution in [0.25, 0.3) is 0 Å². The first-order valence-electron chi connectivity index (χ1n) is 7.35. The lowest BCUT2D eigenvalue weighted by Gasteiger charge is -2.43. The maximum atomic E-state index is 12.5. The topological polar surface area (TPSA) is 35.6 Å². The molecule has 2 rings (SSSR count). The summed E-state index contributed by atoms with van der Waals surface area (Å²) in [4.78, 5) is 17.1. The van der Waals surface area contributed by atoms with Gasteiger partial charge in [0.2, 0.25) is 5.91 Å². The summed E-state index contributed by atoms with van der Waals surface area (Å²) in [5.41, 5.74) is 0. The zero-order valence-corrected chi connectivity index (χ0v) is 12.0. The van der Waals surface area contributed by atoms with E-state index >= 15 is 0 Å². The summed E-state index contributed by atoms with van der Waals surface area (Å²) in [6.45, 7) is 11.6. The molecular weight excluding hydrogens is 226 g/mol. The number of rotatable bonds is 2. The van der Waals surface area contributed by atoms with Crippen molar-refractivity contribution < 1.29 is 4.79 Å². The number of piperidine rings is 1. The van der Waals surface area contributed by atoms with E-state index in [1.807, 2.05) is 0 Å². The SMILES string of the molecule is CC(C)N1CCN(C(=O)C2CCNCC2)C(C)C1. The third-order valence-electron chi connectivity index (χ3n) is 4.36. The van der Waals surface area contributed by atoms with E-state index in [0.717, 1.165) is 45.6 Å². The smallest absolute Gasteiger partial charge is 0.226 e. The maximum absolute atomic E-state index is 12.5. The van der Waals surface area contributed by atoms with Gasteiger partial charge < -0.3 is 10.2 Å². The minimum Gasteiger partial charge on any atom is -0.337 e. The van der Waals surface area contributed by atoms with E-state index in [1.54, 1.807) is 0 Å². The van der Waals surface area contributed by atoms with E-state index in [2.05, 4.69) is 35.9 Å². The molecule has 0 aromatic heterocycles. The summed E-state index contributed by atoms with van der Waals surface area (Å²) in [5.74, 6) is 0.659. The van der Waals surface area contributed by atoms with E-state index in [0.29, 0.717) is 18.0 Å². The van der Waals surface area contributed by atoms with Crippen molar-refractivity contribution in [3.05, 3.63) is 0 Å². The Bertz CT molecular complexity index is 287. The van der Waals surface area contributed by atoms with Crippen molar-refractivity contribution in [1.82, 2.24) is 15.1 Å². The summed E-state index contributed by atoms with van der Waals surface area (Å²) in [6, 6.07) is 0.951. The molecule has 1 amide bonds. The first-order chi connectivity index (χ1) is 8.59. The first kappa shape index (κ1) is 13.8. The van der Waals surface area contributed by atoms with E-state index in [1.165, 1.54) is 0 Å². The van der Waals surface area contributed by atoms with Crippen molar-refractivity contribution >= 4 is 5.91 Å². The fourth-order valence-electron chi connectivity index (χ4n) is 3.09. The maximum Gasteiger partial charge on any atom is 0.226 e. The van der Waals surface area contributed by atoms with Crippen LogP contribution in [0, 0.1) is 5.92 Å². The minimum absolute atomic E-state index is 0.263. The minimum atomic E-state index is 0.263. The van der Waals surface area contributed by atoms with Gasteiger partial charge in [-0.1, -0.05) is 0 Å². The molecule has 0 spiro atoms. The van der Waals surface area contributed by atoms with Crippen LogP contribution in [-0.2, 0) is 4.79 Å². The highest BCUT2D eigenvalue weighted by Crippen LogP contribution is 2.20. The highest BCUT2D eigenvalue weighted by molar-refractivity contribution is 5.79. The highest BCUT2D eigenvalue weighted by Gasteiger charge is 2.32. The van der Waals surface area contributed by atoms with Gasteiger partial charge in [-0.15, -0.1) is 0 Å². The predicted molar refractivity (Wildman–Crippen MR) is 73.5 cm³/mol. The number of nitrogens with zero attached hydrogens (tertiary/aromatic N) is 2. The molecule has 0 radical (unpaired) electrons. The zero-order chi connectivity index (χ0) is 13.1. The Morgan fingerprint density at radius 2 is 1.89 bits per heavy atom. The van der Waals surface area contributed by atoms with Gasteiger partial charge in [0, 0.05) is 37.6 Å². The summed E-state index contributed by atoms with van der Waals surface area (Å²) in [7, 11) is 0. The molecule has 1 atom stereocenters. The average Bonchev–Trinajstić information content (AvgIpc) is 2.38. The summed E-state index contributed by atoms with van der Waals surface area (Å²) in [5, 5.41) is 3.33. The lowest BCUT2D eigenvalue weighted by Crippen LogP contribution is -2.57. The second kappa shape index (κ2) is 6.02. The van der Waals surface area contributed by atoms with Crippen LogP contribution >= 0.6 is 0 Å². The van der Waals surface area contributed by atoms with Gasteiger partial charge in [-0.05, 0) is 46.7 Å². The molecule has 4 nitrogen and oxygen atoms in total. The monoisotopic (exact) mass is 253 g/mol. The van der Waals surface area contributed by atoms with E-state index in [-0.39, 0.29) is 5.92 Å². The predicted octanol–water partition coefficient (Wildman–Crippen LogP) is 0.927. The Hall–Kier alpha value is -0.610. The van der Waals surface area contributed by atoms with Crippen molar-refractivity contribution in [1.29, 1.82) is 0 Å². The molecule has 0 aromatic carbocycles. The summed E-state index contributed by atoms with van der Waals surface area (Å²) < 4.78 is 0. The summed E-state index contributed by atoms with van der Waals surface area (Å²) in [6.07, 6.45) is 2.02. The fraction of sp³-hybridized carbons (Fsp3) is 0.929. The van der Waals surface area contributed by atoms with Crippen LogP contribution in [0.5, 0.6) is 0 Å². The van der Waals surface area contributed by atoms with Crippen LogP contribution in [0.4, 0.5) is 0 Å². The van der Waals surface area contributed by atoms with Crippen LogP contribution in [0.3, 0.4) is 0 Å². The van der Waals surface area contributed by atoms with Gasteiger partial charge in [0.15, 0.2) is 0 Å². The average molecular weight is 253 g/mol. The van der Waals surface area contributed by atoms with E-state index < -0.39 is 0 Å². The lowest BCUT2D eigenvalue weighted by atomic mass is 9.95. The Balaban J connectivity index is 1.91. The fourth-order valence-corrected chi connectivity index (χ4v) is 3.09. The highest BCUT2D eigenvalue weighted by atomic mass is 16.2. The number of carbonyl (C=O) groups excluding carboxylic acids is 1. The number of carbonyl (C=O) groups is 1. The summed E-state index contributed by atoms with van der Waals surface area (Å²) >= 11 is 0. The van der Waals surface area contributed by atoms with Gasteiger partial charge in [0.25, 0.3) is 0 Å². The Labute approximate surface area is 111 Å². The van der Waals surface area contributed by atoms with E-state index in [4.69, 9.17) is 0 Å². The Morgan fingerprint density at radius 3 is 2.44 bits per heavy atom. The molecule has 2 saturated heterocycles. The molecule has 4 heteroatoms. The number of hydrogen-bond acceptors (Lipinski definition) is 3. The largest absolute Gasteiger partial charge is 0.337 e. The third-order valence-corrected chi connectivity index (χ3v) is 4.36. The second-order valence-electron chi connectivity index (χ2n) is 5.99. The molecule has 2 heterocycles. The molecule has 2 fully saturated rings. The standard InChI is InChI=1S/C14H27N3O/c1-11(2)16-8-9-17(12(3)10-16)14(18)13-4-6-15-7-5-13/h11-13,15H,4-10H2,1-3H3. The van der Waals surface area contributed by atoms with Crippen LogP contribution in [0.2, 0.25) is 0 Å². The number of hydrogen-bond donors (Lipinski definition) is 1. The van der Waals surface area contributed by atoms with Crippen LogP contribution in [-0.4, -0.2) is 60.5 Å². The number of piperazine rings is 1. The van der Waals surface area contributed by atoms with Crippen molar-refractivity contribution in [2.45, 2.75) is 45.7 Å². The first-order valence-corrected chi connectivity index (χ1v) is 7.35. The van der Waals surface area contributed by atoms with Crippen LogP contribution in [0.15, 0.2) is 0 Å². The molecule has 0 bridgehead atoms. The van der Waals surface area contributed by atoms with Gasteiger partial charge in [0.1, 0.15) is 0 Å². The van der Waals surface area contributed by atoms with Crippen molar-refractivity contribution in [2.24, 2.45) is 5.92 Å². The molecular formula is C14H27N3O. The normalized spacial score (nSPS) is 27.8. The van der Waals surface area contributed by atoms with Gasteiger partial charge >= 0.3 is 0 Å². The molecule has 0 aliphatic carbocycles. The molecule has 1 unspecified atom stereocenters. The van der Waals surface area contributed by atoms with Crippen LogP contribution < -0.4 is 5.32 Å². The van der Waals surface area contributed by atoms with Crippen molar-refractivity contribution in [3.8, 4) is 0 Å². The molecule has 0 saturated carbocycles. The third kappa shape index (κ3) is 3.04. The van der Waals surface area contributed by atoms with Gasteiger partial charge in [-0.25, -0.2) is 0 Å². The molecule has 104 valence electrons. The Morgan fingerprint density at radius 1 is 1.22 bits per heavy atom. The Kier molecular flexibility index (Phi) is 4.62. The second-order valence-corrected chi connectivity index (χ2v) is 5.99. The van der Waals surface area contributed by atoms with E-state index in [9.17, 15) is 4.79 Å². The molecule has 0 aromatic rings. The lowest BCUT2D eigenvalue weighted by molar-refractivity contribution is -0.141. The van der Waals surface area contributed by atoms with Crippen LogP contribution in [0.1, 0.15) is 33.6 Å². The molecule has 18 heavy (non-hydrogen) atoms. The zero-order valence-electron chi connectivity index (χ0n) is 12.0. The number of amides is 1. The van der Waals surface area contributed by atoms with Crippen molar-refractivity contribution in [3.63, 3.8) is 0 Å². The van der Waals surface area contributed by atoms with Gasteiger partial charge in [-0.3, -0.25) is 9.69 Å². The molecule has 2 aliphatic rings. The molecule has 2 aliphatic heterocycles. The van der Waals surface area contributed by atoms with Crippen molar-refractivity contribution in [2.75, 3.05) is 32.7 Å². The number of nitrogens with one attached hydrogen (secondary N) is 1.